The standard InChI is InChI=1S/C16H9Cl3FN3O2/c17-9-3-1-8(2-4-9)5-10-11(18)6-12(15(20)14(10)19)23-16(25)22-13(24)7-21-23/h1-4,6-7H,5H2,(H,22,24,25). The highest BCUT2D eigenvalue weighted by Gasteiger charge is 2.19. The summed E-state index contributed by atoms with van der Waals surface area (Å²) in [6, 6.07) is 8.19. The lowest BCUT2D eigenvalue weighted by Crippen LogP contribution is -2.31. The van der Waals surface area contributed by atoms with Crippen LogP contribution in [0.25, 0.3) is 5.69 Å². The van der Waals surface area contributed by atoms with Crippen LogP contribution in [0.1, 0.15) is 11.1 Å². The van der Waals surface area contributed by atoms with E-state index in [2.05, 4.69) is 5.10 Å². The molecule has 0 bridgehead atoms. The summed E-state index contributed by atoms with van der Waals surface area (Å²) in [6.07, 6.45) is 1.13. The highest BCUT2D eigenvalue weighted by atomic mass is 35.5. The predicted molar refractivity (Wildman–Crippen MR) is 94.7 cm³/mol. The SMILES string of the molecule is O=c1cnn(-c2cc(Cl)c(Cc3ccc(Cl)cc3)c(Cl)c2F)c(=O)[nH]1. The third-order valence-electron chi connectivity index (χ3n) is 3.47. The fraction of sp³-hybridized carbons (Fsp3) is 0.0625. The molecule has 0 unspecified atom stereocenters. The zero-order valence-corrected chi connectivity index (χ0v) is 14.7. The molecule has 9 heteroatoms. The third kappa shape index (κ3) is 3.61. The van der Waals surface area contributed by atoms with Crippen molar-refractivity contribution < 1.29 is 4.39 Å². The van der Waals surface area contributed by atoms with Gasteiger partial charge in [-0.2, -0.15) is 9.78 Å². The molecule has 0 aliphatic carbocycles. The molecule has 3 aromatic rings. The zero-order valence-electron chi connectivity index (χ0n) is 12.4. The molecule has 0 aliphatic rings. The number of benzene rings is 2. The minimum Gasteiger partial charge on any atom is -0.271 e. The van der Waals surface area contributed by atoms with Gasteiger partial charge in [-0.1, -0.05) is 46.9 Å². The van der Waals surface area contributed by atoms with Crippen molar-refractivity contribution in [1.29, 1.82) is 0 Å². The van der Waals surface area contributed by atoms with Gasteiger partial charge in [0.15, 0.2) is 5.82 Å². The normalized spacial score (nSPS) is 10.9. The number of hydrogen-bond donors (Lipinski definition) is 1. The number of nitrogens with one attached hydrogen (secondary N) is 1. The first-order chi connectivity index (χ1) is 11.9. The Labute approximate surface area is 155 Å². The maximum absolute atomic E-state index is 14.7. The molecular formula is C16H9Cl3FN3O2. The van der Waals surface area contributed by atoms with Gasteiger partial charge in [0.2, 0.25) is 0 Å². The van der Waals surface area contributed by atoms with E-state index in [1.54, 1.807) is 24.3 Å². The van der Waals surface area contributed by atoms with Crippen LogP contribution >= 0.6 is 34.8 Å². The summed E-state index contributed by atoms with van der Waals surface area (Å²) < 4.78 is 15.4. The molecule has 5 nitrogen and oxygen atoms in total. The first-order valence-corrected chi connectivity index (χ1v) is 8.10. The fourth-order valence-corrected chi connectivity index (χ4v) is 2.97. The van der Waals surface area contributed by atoms with E-state index in [4.69, 9.17) is 34.8 Å². The smallest absolute Gasteiger partial charge is 0.271 e. The molecule has 1 heterocycles. The number of H-pyrrole nitrogens is 1. The Morgan fingerprint density at radius 2 is 1.80 bits per heavy atom. The van der Waals surface area contributed by atoms with Crippen LogP contribution in [0, 0.1) is 5.82 Å². The lowest BCUT2D eigenvalue weighted by Gasteiger charge is -2.12. The summed E-state index contributed by atoms with van der Waals surface area (Å²) in [5.41, 5.74) is -0.651. The Bertz CT molecular complexity index is 1060. The van der Waals surface area contributed by atoms with Gasteiger partial charge in [0.05, 0.1) is 5.02 Å². The Balaban J connectivity index is 2.09. The van der Waals surface area contributed by atoms with Gasteiger partial charge in [0.1, 0.15) is 11.9 Å². The summed E-state index contributed by atoms with van der Waals surface area (Å²) in [4.78, 5) is 24.9. The van der Waals surface area contributed by atoms with E-state index in [1.807, 2.05) is 4.98 Å². The van der Waals surface area contributed by atoms with Crippen molar-refractivity contribution in [1.82, 2.24) is 14.8 Å². The second kappa shape index (κ2) is 7.00. The first kappa shape index (κ1) is 17.7. The van der Waals surface area contributed by atoms with Crippen molar-refractivity contribution in [3.8, 4) is 5.69 Å². The molecule has 0 radical (unpaired) electrons. The van der Waals surface area contributed by atoms with Crippen LogP contribution in [0.3, 0.4) is 0 Å². The largest absolute Gasteiger partial charge is 0.349 e. The second-order valence-corrected chi connectivity index (χ2v) is 6.36. The fourth-order valence-electron chi connectivity index (χ4n) is 2.27. The predicted octanol–water partition coefficient (Wildman–Crippen LogP) is 3.61. The Kier molecular flexibility index (Phi) is 4.94. The maximum Gasteiger partial charge on any atom is 0.349 e. The van der Waals surface area contributed by atoms with Crippen LogP contribution < -0.4 is 11.2 Å². The summed E-state index contributed by atoms with van der Waals surface area (Å²) in [5, 5.41) is 4.12. The van der Waals surface area contributed by atoms with Gasteiger partial charge in [0, 0.05) is 16.5 Å². The maximum atomic E-state index is 14.7. The molecule has 0 atom stereocenters. The van der Waals surface area contributed by atoms with Crippen molar-refractivity contribution in [3.05, 3.63) is 89.4 Å². The molecule has 0 saturated carbocycles. The summed E-state index contributed by atoms with van der Waals surface area (Å²) >= 11 is 18.2. The Morgan fingerprint density at radius 1 is 1.12 bits per heavy atom. The number of halogens is 4. The van der Waals surface area contributed by atoms with Crippen molar-refractivity contribution in [2.75, 3.05) is 0 Å². The topological polar surface area (TPSA) is 67.8 Å². The second-order valence-electron chi connectivity index (χ2n) is 5.14. The van der Waals surface area contributed by atoms with Crippen molar-refractivity contribution in [3.63, 3.8) is 0 Å². The van der Waals surface area contributed by atoms with Crippen LogP contribution in [0.4, 0.5) is 4.39 Å². The number of aromatic amines is 1. The summed E-state index contributed by atoms with van der Waals surface area (Å²) in [6.45, 7) is 0. The van der Waals surface area contributed by atoms with Crippen molar-refractivity contribution >= 4 is 34.8 Å². The van der Waals surface area contributed by atoms with Crippen LogP contribution in [0.15, 0.2) is 46.1 Å². The molecule has 1 N–H and O–H groups in total. The molecule has 0 amide bonds. The number of aromatic nitrogens is 3. The zero-order chi connectivity index (χ0) is 18.1. The van der Waals surface area contributed by atoms with E-state index in [0.717, 1.165) is 11.8 Å². The third-order valence-corrected chi connectivity index (χ3v) is 4.45. The van der Waals surface area contributed by atoms with E-state index < -0.39 is 17.1 Å². The molecule has 0 fully saturated rings. The van der Waals surface area contributed by atoms with Crippen molar-refractivity contribution in [2.45, 2.75) is 6.42 Å². The quantitative estimate of drug-likeness (QED) is 0.683. The monoisotopic (exact) mass is 399 g/mol. The molecule has 0 aliphatic heterocycles. The molecule has 2 aromatic carbocycles. The van der Waals surface area contributed by atoms with Gasteiger partial charge < -0.3 is 0 Å². The van der Waals surface area contributed by atoms with E-state index in [1.165, 1.54) is 6.07 Å². The molecule has 128 valence electrons. The lowest BCUT2D eigenvalue weighted by atomic mass is 10.0. The minimum absolute atomic E-state index is 0.163. The van der Waals surface area contributed by atoms with Gasteiger partial charge in [-0.3, -0.25) is 9.78 Å². The average Bonchev–Trinajstić information content (AvgIpc) is 2.57. The van der Waals surface area contributed by atoms with Crippen molar-refractivity contribution in [2.24, 2.45) is 0 Å². The highest BCUT2D eigenvalue weighted by Crippen LogP contribution is 2.33. The lowest BCUT2D eigenvalue weighted by molar-refractivity contribution is 0.599. The highest BCUT2D eigenvalue weighted by molar-refractivity contribution is 6.36. The molecule has 0 spiro atoms. The van der Waals surface area contributed by atoms with Crippen LogP contribution in [-0.2, 0) is 6.42 Å². The van der Waals surface area contributed by atoms with Gasteiger partial charge in [-0.15, -0.1) is 0 Å². The number of nitrogens with zero attached hydrogens (tertiary/aromatic N) is 2. The Hall–Kier alpha value is -2.15. The molecule has 25 heavy (non-hydrogen) atoms. The van der Waals surface area contributed by atoms with Gasteiger partial charge in [-0.05, 0) is 29.3 Å². The number of rotatable bonds is 3. The molecule has 3 rings (SSSR count). The van der Waals surface area contributed by atoms with Gasteiger partial charge >= 0.3 is 5.69 Å². The molecule has 0 saturated heterocycles. The summed E-state index contributed by atoms with van der Waals surface area (Å²) in [7, 11) is 0. The molecular weight excluding hydrogens is 392 g/mol. The van der Waals surface area contributed by atoms with Crippen LogP contribution in [0.2, 0.25) is 15.1 Å². The average molecular weight is 401 g/mol. The Morgan fingerprint density at radius 3 is 2.44 bits per heavy atom. The molecule has 1 aromatic heterocycles. The van der Waals surface area contributed by atoms with E-state index in [9.17, 15) is 14.0 Å². The van der Waals surface area contributed by atoms with Crippen LogP contribution in [-0.4, -0.2) is 14.8 Å². The first-order valence-electron chi connectivity index (χ1n) is 6.96. The minimum atomic E-state index is -0.899. The van der Waals surface area contributed by atoms with Gasteiger partial charge in [0.25, 0.3) is 5.56 Å². The van der Waals surface area contributed by atoms with E-state index >= 15 is 0 Å². The van der Waals surface area contributed by atoms with E-state index in [-0.39, 0.29) is 22.2 Å². The van der Waals surface area contributed by atoms with Crippen LogP contribution in [0.5, 0.6) is 0 Å². The summed E-state index contributed by atoms with van der Waals surface area (Å²) in [5.74, 6) is -0.864. The van der Waals surface area contributed by atoms with Gasteiger partial charge in [-0.25, -0.2) is 9.18 Å². The number of hydrogen-bond acceptors (Lipinski definition) is 3. The van der Waals surface area contributed by atoms with E-state index in [0.29, 0.717) is 15.3 Å².